The molecule has 1 fully saturated rings. The van der Waals surface area contributed by atoms with Crippen molar-refractivity contribution in [3.05, 3.63) is 65.1 Å². The third-order valence-corrected chi connectivity index (χ3v) is 6.94. The number of carboxylic acid groups (broad SMARTS) is 1. The Kier molecular flexibility index (Phi) is 5.88. The summed E-state index contributed by atoms with van der Waals surface area (Å²) in [6.45, 7) is 0. The van der Waals surface area contributed by atoms with E-state index in [1.807, 2.05) is 30.3 Å². The molecule has 1 saturated carbocycles. The Balaban J connectivity index is 0.000000260. The van der Waals surface area contributed by atoms with E-state index in [2.05, 4.69) is 9.97 Å². The minimum Gasteiger partial charge on any atom is -0.481 e. The van der Waals surface area contributed by atoms with Gasteiger partial charge in [-0.25, -0.2) is 8.42 Å². The Bertz CT molecular complexity index is 1460. The first-order valence-corrected chi connectivity index (χ1v) is 12.3. The Morgan fingerprint density at radius 2 is 1.72 bits per heavy atom. The Morgan fingerprint density at radius 3 is 2.38 bits per heavy atom. The number of sulfone groups is 1. The molecule has 0 amide bonds. The average Bonchev–Trinajstić information content (AvgIpc) is 3.46. The van der Waals surface area contributed by atoms with E-state index in [1.165, 1.54) is 6.26 Å². The highest BCUT2D eigenvalue weighted by molar-refractivity contribution is 7.90. The standard InChI is InChI=1S/C18H14N2O3S.C6H10O2/c1-24(22,23)13-4-2-3-11(9-13)12-5-6-16-15(10-12)14-7-8-19-17(14)18(21)20-16;7-6(8)5-3-1-2-4-5/h2-10,19H,1H3,(H,20,21);5H,1-4H2,(H,7,8). The molecule has 5 rings (SSSR count). The normalized spacial score (nSPS) is 14.4. The number of aromatic nitrogens is 2. The first-order valence-electron chi connectivity index (χ1n) is 10.4. The van der Waals surface area contributed by atoms with Crippen LogP contribution in [0.5, 0.6) is 0 Å². The number of H-pyrrole nitrogens is 2. The van der Waals surface area contributed by atoms with Gasteiger partial charge in [-0.2, -0.15) is 0 Å². The van der Waals surface area contributed by atoms with E-state index in [-0.39, 0.29) is 16.4 Å². The molecule has 32 heavy (non-hydrogen) atoms. The summed E-state index contributed by atoms with van der Waals surface area (Å²) in [6, 6.07) is 14.4. The summed E-state index contributed by atoms with van der Waals surface area (Å²) in [5.41, 5.74) is 2.83. The monoisotopic (exact) mass is 452 g/mol. The molecule has 3 N–H and O–H groups in total. The summed E-state index contributed by atoms with van der Waals surface area (Å²) < 4.78 is 23.5. The molecule has 2 aromatic carbocycles. The molecule has 166 valence electrons. The lowest BCUT2D eigenvalue weighted by molar-refractivity contribution is -0.141. The fourth-order valence-electron chi connectivity index (χ4n) is 4.10. The molecule has 7 nitrogen and oxygen atoms in total. The molecule has 0 aliphatic heterocycles. The first kappa shape index (κ1) is 21.8. The number of aliphatic carboxylic acids is 1. The molecular formula is C24H24N2O5S. The van der Waals surface area contributed by atoms with Crippen LogP contribution >= 0.6 is 0 Å². The summed E-state index contributed by atoms with van der Waals surface area (Å²) in [7, 11) is -3.26. The second-order valence-corrected chi connectivity index (χ2v) is 10.1. The van der Waals surface area contributed by atoms with Crippen molar-refractivity contribution in [2.24, 2.45) is 5.92 Å². The summed E-state index contributed by atoms with van der Waals surface area (Å²) in [4.78, 5) is 28.3. The highest BCUT2D eigenvalue weighted by atomic mass is 32.2. The summed E-state index contributed by atoms with van der Waals surface area (Å²) in [5.74, 6) is -0.627. The van der Waals surface area contributed by atoms with Crippen LogP contribution in [0.2, 0.25) is 0 Å². The predicted octanol–water partition coefficient (Wildman–Crippen LogP) is 4.34. The van der Waals surface area contributed by atoms with E-state index in [9.17, 15) is 18.0 Å². The lowest BCUT2D eigenvalue weighted by Gasteiger charge is -2.07. The maximum atomic E-state index is 12.0. The summed E-state index contributed by atoms with van der Waals surface area (Å²) in [6.07, 6.45) is 6.94. The van der Waals surface area contributed by atoms with Crippen molar-refractivity contribution >= 4 is 37.6 Å². The third-order valence-electron chi connectivity index (χ3n) is 5.83. The number of fused-ring (bicyclic) bond motifs is 3. The molecule has 2 aromatic heterocycles. The Labute approximate surface area is 185 Å². The van der Waals surface area contributed by atoms with Crippen LogP contribution in [0.15, 0.2) is 64.4 Å². The zero-order chi connectivity index (χ0) is 22.9. The zero-order valence-electron chi connectivity index (χ0n) is 17.6. The second kappa shape index (κ2) is 8.63. The van der Waals surface area contributed by atoms with E-state index in [0.29, 0.717) is 5.52 Å². The van der Waals surface area contributed by atoms with Crippen LogP contribution in [0.1, 0.15) is 25.7 Å². The zero-order valence-corrected chi connectivity index (χ0v) is 18.4. The van der Waals surface area contributed by atoms with Gasteiger partial charge in [0.05, 0.1) is 10.8 Å². The highest BCUT2D eigenvalue weighted by Crippen LogP contribution is 2.28. The summed E-state index contributed by atoms with van der Waals surface area (Å²) in [5, 5.41) is 10.2. The number of carboxylic acids is 1. The van der Waals surface area contributed by atoms with Gasteiger partial charge in [-0.05, 0) is 54.3 Å². The largest absolute Gasteiger partial charge is 0.481 e. The lowest BCUT2D eigenvalue weighted by atomic mass is 10.0. The number of benzene rings is 2. The van der Waals surface area contributed by atoms with Gasteiger partial charge in [-0.3, -0.25) is 9.59 Å². The second-order valence-electron chi connectivity index (χ2n) is 8.10. The van der Waals surface area contributed by atoms with Gasteiger partial charge < -0.3 is 15.1 Å². The number of pyridine rings is 1. The van der Waals surface area contributed by atoms with Crippen LogP contribution in [0.4, 0.5) is 0 Å². The van der Waals surface area contributed by atoms with Crippen molar-refractivity contribution in [3.63, 3.8) is 0 Å². The first-order chi connectivity index (χ1) is 15.2. The Hall–Kier alpha value is -3.39. The quantitative estimate of drug-likeness (QED) is 0.427. The van der Waals surface area contributed by atoms with E-state index in [0.717, 1.165) is 53.1 Å². The van der Waals surface area contributed by atoms with Gasteiger partial charge in [0.25, 0.3) is 5.56 Å². The van der Waals surface area contributed by atoms with Crippen LogP contribution in [-0.2, 0) is 14.6 Å². The molecule has 4 aromatic rings. The van der Waals surface area contributed by atoms with E-state index in [1.54, 1.807) is 24.4 Å². The number of hydrogen-bond acceptors (Lipinski definition) is 4. The van der Waals surface area contributed by atoms with Crippen LogP contribution in [0, 0.1) is 5.92 Å². The van der Waals surface area contributed by atoms with Gasteiger partial charge >= 0.3 is 5.97 Å². The molecule has 0 radical (unpaired) electrons. The van der Waals surface area contributed by atoms with E-state index >= 15 is 0 Å². The van der Waals surface area contributed by atoms with Crippen molar-refractivity contribution < 1.29 is 18.3 Å². The molecular weight excluding hydrogens is 428 g/mol. The maximum Gasteiger partial charge on any atom is 0.306 e. The molecule has 0 unspecified atom stereocenters. The SMILES string of the molecule is CS(=O)(=O)c1cccc(-c2ccc3[nH]c(=O)c4[nH]ccc4c3c2)c1.O=C(O)C1CCCC1. The average molecular weight is 453 g/mol. The van der Waals surface area contributed by atoms with Crippen LogP contribution in [0.25, 0.3) is 32.9 Å². The minimum absolute atomic E-state index is 0.0185. The van der Waals surface area contributed by atoms with Gasteiger partial charge in [0.1, 0.15) is 5.52 Å². The minimum atomic E-state index is -3.26. The molecule has 0 bridgehead atoms. The Morgan fingerprint density at radius 1 is 1.00 bits per heavy atom. The van der Waals surface area contributed by atoms with Crippen LogP contribution in [-0.4, -0.2) is 35.7 Å². The van der Waals surface area contributed by atoms with Crippen molar-refractivity contribution in [3.8, 4) is 11.1 Å². The third kappa shape index (κ3) is 4.45. The number of aromatic amines is 2. The van der Waals surface area contributed by atoms with Crippen molar-refractivity contribution in [1.82, 2.24) is 9.97 Å². The fourth-order valence-corrected chi connectivity index (χ4v) is 4.77. The van der Waals surface area contributed by atoms with E-state index < -0.39 is 15.8 Å². The van der Waals surface area contributed by atoms with Gasteiger partial charge in [0, 0.05) is 28.7 Å². The molecule has 1 aliphatic rings. The van der Waals surface area contributed by atoms with Gasteiger partial charge in [0.15, 0.2) is 9.84 Å². The number of nitrogens with one attached hydrogen (secondary N) is 2. The van der Waals surface area contributed by atoms with Gasteiger partial charge in [-0.15, -0.1) is 0 Å². The summed E-state index contributed by atoms with van der Waals surface area (Å²) >= 11 is 0. The number of rotatable bonds is 3. The number of carbonyl (C=O) groups is 1. The van der Waals surface area contributed by atoms with E-state index in [4.69, 9.17) is 5.11 Å². The van der Waals surface area contributed by atoms with Gasteiger partial charge in [0.2, 0.25) is 0 Å². The lowest BCUT2D eigenvalue weighted by Crippen LogP contribution is -2.07. The van der Waals surface area contributed by atoms with Crippen LogP contribution in [0.3, 0.4) is 0 Å². The van der Waals surface area contributed by atoms with Crippen molar-refractivity contribution in [1.29, 1.82) is 0 Å². The highest BCUT2D eigenvalue weighted by Gasteiger charge is 2.21. The fraction of sp³-hybridized carbons (Fsp3) is 0.250. The molecule has 0 saturated heterocycles. The smallest absolute Gasteiger partial charge is 0.306 e. The molecule has 2 heterocycles. The van der Waals surface area contributed by atoms with Crippen molar-refractivity contribution in [2.75, 3.05) is 6.26 Å². The topological polar surface area (TPSA) is 120 Å². The van der Waals surface area contributed by atoms with Gasteiger partial charge in [-0.1, -0.05) is 31.0 Å². The molecule has 1 aliphatic carbocycles. The van der Waals surface area contributed by atoms with Crippen LogP contribution < -0.4 is 5.56 Å². The maximum absolute atomic E-state index is 12.0. The predicted molar refractivity (Wildman–Crippen MR) is 125 cm³/mol. The molecule has 0 spiro atoms. The molecule has 8 heteroatoms. The molecule has 0 atom stereocenters. The van der Waals surface area contributed by atoms with Crippen molar-refractivity contribution in [2.45, 2.75) is 30.6 Å². The number of hydrogen-bond donors (Lipinski definition) is 3.